The van der Waals surface area contributed by atoms with Crippen LogP contribution in [0.15, 0.2) is 40.5 Å². The van der Waals surface area contributed by atoms with Crippen molar-refractivity contribution in [2.45, 2.75) is 18.7 Å². The normalized spacial score (nSPS) is 11.9. The summed E-state index contributed by atoms with van der Waals surface area (Å²) in [4.78, 5) is 23.3. The summed E-state index contributed by atoms with van der Waals surface area (Å²) in [6.45, 7) is 1.65. The molecule has 1 aromatic carbocycles. The van der Waals surface area contributed by atoms with E-state index >= 15 is 0 Å². The molecule has 1 aromatic rings. The maximum absolute atomic E-state index is 12.1. The molecule has 3 N–H and O–H groups in total. The molecule has 26 heavy (non-hydrogen) atoms. The molecule has 0 radical (unpaired) electrons. The van der Waals surface area contributed by atoms with Crippen LogP contribution in [0.25, 0.3) is 0 Å². The molecule has 138 valence electrons. The van der Waals surface area contributed by atoms with Crippen LogP contribution in [0, 0.1) is 17.8 Å². The predicted molar refractivity (Wildman–Crippen MR) is 94.5 cm³/mol. The van der Waals surface area contributed by atoms with E-state index < -0.39 is 34.1 Å². The van der Waals surface area contributed by atoms with Crippen LogP contribution in [0.4, 0.5) is 0 Å². The van der Waals surface area contributed by atoms with Gasteiger partial charge in [0.2, 0.25) is 10.0 Å². The number of hydrogen-bond donors (Lipinski definition) is 3. The second kappa shape index (κ2) is 8.94. The van der Waals surface area contributed by atoms with Crippen molar-refractivity contribution in [1.82, 2.24) is 4.72 Å². The Morgan fingerprint density at radius 1 is 1.35 bits per heavy atom. The van der Waals surface area contributed by atoms with Gasteiger partial charge in [0, 0.05) is 5.71 Å². The van der Waals surface area contributed by atoms with Crippen LogP contribution >= 0.6 is 0 Å². The predicted octanol–water partition coefficient (Wildman–Crippen LogP) is 1.20. The number of nitrogens with one attached hydrogen (secondary N) is 2. The van der Waals surface area contributed by atoms with Gasteiger partial charge in [0.15, 0.2) is 5.78 Å². The molecule has 0 unspecified atom stereocenters. The van der Waals surface area contributed by atoms with Gasteiger partial charge in [-0.3, -0.25) is 4.79 Å². The fourth-order valence-corrected chi connectivity index (χ4v) is 2.96. The van der Waals surface area contributed by atoms with Crippen LogP contribution in [0.3, 0.4) is 0 Å². The lowest BCUT2D eigenvalue weighted by Gasteiger charge is -2.09. The first-order valence-corrected chi connectivity index (χ1v) is 8.77. The zero-order valence-electron chi connectivity index (χ0n) is 14.2. The van der Waals surface area contributed by atoms with E-state index in [1.54, 1.807) is 0 Å². The minimum atomic E-state index is -3.88. The average Bonchev–Trinajstić information content (AvgIpc) is 2.57. The standard InChI is InChI=1S/C17H18N2O6S/c1-4-8-19-26(23,24)14-7-5-6-13(9-14)17(22)25-10-15(21)16(11(2)18)12(3)20/h1,5-7,9,18-19,21H,8,10H2,2-3H3/b16-15-,18-11?. The lowest BCUT2D eigenvalue weighted by molar-refractivity contribution is -0.113. The number of carbonyl (C=O) groups excluding carboxylic acids is 2. The van der Waals surface area contributed by atoms with Crippen LogP contribution < -0.4 is 4.72 Å². The van der Waals surface area contributed by atoms with Crippen molar-refractivity contribution in [3.8, 4) is 12.3 Å². The molecule has 0 bridgehead atoms. The summed E-state index contributed by atoms with van der Waals surface area (Å²) in [5.41, 5.74) is -0.483. The van der Waals surface area contributed by atoms with Crippen LogP contribution in [0.2, 0.25) is 0 Å². The number of allylic oxidation sites excluding steroid dienone is 1. The van der Waals surface area contributed by atoms with Crippen LogP contribution in [0.1, 0.15) is 24.2 Å². The van der Waals surface area contributed by atoms with Gasteiger partial charge in [0.25, 0.3) is 0 Å². The fourth-order valence-electron chi connectivity index (χ4n) is 1.98. The largest absolute Gasteiger partial charge is 0.508 e. The second-order valence-electron chi connectivity index (χ2n) is 5.14. The van der Waals surface area contributed by atoms with Crippen LogP contribution in [0.5, 0.6) is 0 Å². The van der Waals surface area contributed by atoms with Gasteiger partial charge < -0.3 is 15.3 Å². The Hall–Kier alpha value is -2.96. The fraction of sp³-hybridized carbons (Fsp3) is 0.235. The van der Waals surface area contributed by atoms with Gasteiger partial charge in [0.05, 0.1) is 22.6 Å². The van der Waals surface area contributed by atoms with Crippen molar-refractivity contribution in [1.29, 1.82) is 5.41 Å². The molecule has 1 rings (SSSR count). The number of esters is 1. The van der Waals surface area contributed by atoms with E-state index in [9.17, 15) is 23.1 Å². The smallest absolute Gasteiger partial charge is 0.338 e. The van der Waals surface area contributed by atoms with Gasteiger partial charge >= 0.3 is 5.97 Å². The number of ether oxygens (including phenoxy) is 1. The van der Waals surface area contributed by atoms with E-state index in [4.69, 9.17) is 16.6 Å². The SMILES string of the molecule is C#CCNS(=O)(=O)c1cccc(C(=O)OC/C(O)=C(\C(C)=N)C(C)=O)c1. The number of aliphatic hydroxyl groups excluding tert-OH is 1. The highest BCUT2D eigenvalue weighted by atomic mass is 32.2. The molecule has 0 atom stereocenters. The molecule has 0 spiro atoms. The van der Waals surface area contributed by atoms with Gasteiger partial charge in [-0.15, -0.1) is 6.42 Å². The molecule has 9 heteroatoms. The molecule has 0 saturated carbocycles. The molecular formula is C17H18N2O6S. The minimum absolute atomic E-state index is 0.0719. The van der Waals surface area contributed by atoms with Gasteiger partial charge in [-0.2, -0.15) is 4.72 Å². The third-order valence-electron chi connectivity index (χ3n) is 3.10. The van der Waals surface area contributed by atoms with Gasteiger partial charge in [-0.25, -0.2) is 13.2 Å². The zero-order valence-corrected chi connectivity index (χ0v) is 15.0. The molecule has 0 aliphatic carbocycles. The number of rotatable bonds is 8. The van der Waals surface area contributed by atoms with Crippen molar-refractivity contribution in [2.24, 2.45) is 0 Å². The third-order valence-corrected chi connectivity index (χ3v) is 4.50. The summed E-state index contributed by atoms with van der Waals surface area (Å²) in [5.74, 6) is 0.126. The van der Waals surface area contributed by atoms with Crippen LogP contribution in [-0.4, -0.2) is 44.1 Å². The number of ketones is 1. The first-order valence-electron chi connectivity index (χ1n) is 7.29. The number of terminal acetylenes is 1. The Morgan fingerprint density at radius 3 is 2.54 bits per heavy atom. The molecule has 0 aromatic heterocycles. The van der Waals surface area contributed by atoms with E-state index in [1.165, 1.54) is 32.0 Å². The Kier molecular flexibility index (Phi) is 7.25. The Morgan fingerprint density at radius 2 is 2.00 bits per heavy atom. The van der Waals surface area contributed by atoms with E-state index in [1.807, 2.05) is 0 Å². The van der Waals surface area contributed by atoms with E-state index in [-0.39, 0.29) is 28.3 Å². The Balaban J connectivity index is 2.98. The molecule has 8 nitrogen and oxygen atoms in total. The van der Waals surface area contributed by atoms with Crippen molar-refractivity contribution >= 4 is 27.5 Å². The molecular weight excluding hydrogens is 360 g/mol. The van der Waals surface area contributed by atoms with E-state index in [0.29, 0.717) is 0 Å². The van der Waals surface area contributed by atoms with E-state index in [2.05, 4.69) is 10.6 Å². The average molecular weight is 378 g/mol. The highest BCUT2D eigenvalue weighted by molar-refractivity contribution is 7.89. The van der Waals surface area contributed by atoms with Gasteiger partial charge in [-0.1, -0.05) is 12.0 Å². The van der Waals surface area contributed by atoms with E-state index in [0.717, 1.165) is 6.07 Å². The van der Waals surface area contributed by atoms with Crippen molar-refractivity contribution in [3.05, 3.63) is 41.2 Å². The van der Waals surface area contributed by atoms with Gasteiger partial charge in [0.1, 0.15) is 12.4 Å². The number of carbonyl (C=O) groups is 2. The highest BCUT2D eigenvalue weighted by Gasteiger charge is 2.18. The number of benzene rings is 1. The maximum Gasteiger partial charge on any atom is 0.338 e. The summed E-state index contributed by atoms with van der Waals surface area (Å²) in [6.07, 6.45) is 5.01. The molecule has 0 aliphatic rings. The Labute approximate surface area is 151 Å². The Bertz CT molecular complexity index is 893. The minimum Gasteiger partial charge on any atom is -0.508 e. The third kappa shape index (κ3) is 5.54. The number of hydrogen-bond acceptors (Lipinski definition) is 7. The second-order valence-corrected chi connectivity index (χ2v) is 6.90. The molecule has 0 fully saturated rings. The zero-order chi connectivity index (χ0) is 19.9. The van der Waals surface area contributed by atoms with Gasteiger partial charge in [-0.05, 0) is 32.0 Å². The summed E-state index contributed by atoms with van der Waals surface area (Å²) < 4.78 is 31.0. The molecule has 0 amide bonds. The first kappa shape index (κ1) is 21.1. The summed E-state index contributed by atoms with van der Waals surface area (Å²) >= 11 is 0. The summed E-state index contributed by atoms with van der Waals surface area (Å²) in [5, 5.41) is 17.3. The number of sulfonamides is 1. The molecule has 0 saturated heterocycles. The molecule has 0 heterocycles. The topological polar surface area (TPSA) is 134 Å². The highest BCUT2D eigenvalue weighted by Crippen LogP contribution is 2.13. The summed E-state index contributed by atoms with van der Waals surface area (Å²) in [6, 6.07) is 5.05. The summed E-state index contributed by atoms with van der Waals surface area (Å²) in [7, 11) is -3.88. The van der Waals surface area contributed by atoms with Crippen molar-refractivity contribution in [3.63, 3.8) is 0 Å². The van der Waals surface area contributed by atoms with Crippen molar-refractivity contribution in [2.75, 3.05) is 13.2 Å². The number of aliphatic hydroxyl groups is 1. The first-order chi connectivity index (χ1) is 12.1. The molecule has 0 aliphatic heterocycles. The quantitative estimate of drug-likeness (QED) is 0.205. The maximum atomic E-state index is 12.1. The lowest BCUT2D eigenvalue weighted by atomic mass is 10.1. The van der Waals surface area contributed by atoms with Crippen molar-refractivity contribution < 1.29 is 27.9 Å². The number of Topliss-reactive ketones (excluding diaryl/α,β-unsaturated/α-hetero) is 1. The monoisotopic (exact) mass is 378 g/mol. The lowest BCUT2D eigenvalue weighted by Crippen LogP contribution is -2.24. The van der Waals surface area contributed by atoms with Crippen LogP contribution in [-0.2, 0) is 19.6 Å².